The first-order valence-corrected chi connectivity index (χ1v) is 12.9. The highest BCUT2D eigenvalue weighted by atomic mass is 16.5. The first kappa shape index (κ1) is 28.4. The van der Waals surface area contributed by atoms with Crippen LogP contribution in [0.2, 0.25) is 0 Å². The molecule has 2 unspecified atom stereocenters. The van der Waals surface area contributed by atoms with E-state index < -0.39 is 18.3 Å². The fourth-order valence-corrected chi connectivity index (χ4v) is 3.86. The Morgan fingerprint density at radius 2 is 1.28 bits per heavy atom. The quantitative estimate of drug-likeness (QED) is 0.198. The molecule has 5 heteroatoms. The lowest BCUT2D eigenvalue weighted by Gasteiger charge is -2.17. The highest BCUT2D eigenvalue weighted by molar-refractivity contribution is 5.67. The Bertz CT molecular complexity index is 552. The highest BCUT2D eigenvalue weighted by Crippen LogP contribution is 2.14. The molecule has 0 saturated heterocycles. The molecule has 1 amide bonds. The third-order valence-electron chi connectivity index (χ3n) is 5.96. The second-order valence-electron chi connectivity index (χ2n) is 8.94. The van der Waals surface area contributed by atoms with Gasteiger partial charge in [-0.15, -0.1) is 0 Å². The number of aliphatic hydroxyl groups is 2. The Kier molecular flexibility index (Phi) is 17.8. The van der Waals surface area contributed by atoms with Crippen molar-refractivity contribution in [3.05, 3.63) is 35.9 Å². The van der Waals surface area contributed by atoms with Crippen LogP contribution in [0.25, 0.3) is 0 Å². The number of rotatable bonds is 20. The van der Waals surface area contributed by atoms with Crippen molar-refractivity contribution in [1.82, 2.24) is 5.32 Å². The van der Waals surface area contributed by atoms with E-state index >= 15 is 0 Å². The monoisotopic (exact) mass is 449 g/mol. The van der Waals surface area contributed by atoms with Gasteiger partial charge < -0.3 is 20.3 Å². The Labute approximate surface area is 196 Å². The van der Waals surface area contributed by atoms with Gasteiger partial charge in [-0.3, -0.25) is 0 Å². The fraction of sp³-hybridized carbons (Fsp3) is 0.741. The predicted octanol–water partition coefficient (Wildman–Crippen LogP) is 6.51. The zero-order valence-electron chi connectivity index (χ0n) is 20.3. The second kappa shape index (κ2) is 20.0. The minimum Gasteiger partial charge on any atom is -0.445 e. The van der Waals surface area contributed by atoms with E-state index in [1.165, 1.54) is 64.2 Å². The van der Waals surface area contributed by atoms with Crippen LogP contribution < -0.4 is 5.32 Å². The molecule has 0 saturated carbocycles. The molecule has 184 valence electrons. The maximum absolute atomic E-state index is 11.7. The molecule has 2 atom stereocenters. The molecule has 5 nitrogen and oxygen atoms in total. The normalized spacial score (nSPS) is 13.0. The molecule has 1 aromatic carbocycles. The van der Waals surface area contributed by atoms with E-state index in [1.807, 2.05) is 30.3 Å². The second-order valence-corrected chi connectivity index (χ2v) is 8.94. The number of benzene rings is 1. The predicted molar refractivity (Wildman–Crippen MR) is 132 cm³/mol. The SMILES string of the molecule is CCCCCCCCCCCCCCC(O)C(O)CCCNC(=O)OCc1ccccc1. The van der Waals surface area contributed by atoms with Crippen LogP contribution in [0, 0.1) is 0 Å². The molecule has 0 aliphatic rings. The van der Waals surface area contributed by atoms with Gasteiger partial charge in [0.25, 0.3) is 0 Å². The molecule has 0 fully saturated rings. The number of ether oxygens (including phenoxy) is 1. The average molecular weight is 450 g/mol. The van der Waals surface area contributed by atoms with Crippen molar-refractivity contribution in [2.45, 2.75) is 122 Å². The molecule has 0 heterocycles. The number of nitrogens with one attached hydrogen (secondary N) is 1. The third kappa shape index (κ3) is 16.1. The lowest BCUT2D eigenvalue weighted by molar-refractivity contribution is 0.00751. The zero-order chi connectivity index (χ0) is 23.3. The minimum atomic E-state index is -0.732. The summed E-state index contributed by atoms with van der Waals surface area (Å²) in [4.78, 5) is 11.7. The Morgan fingerprint density at radius 3 is 1.84 bits per heavy atom. The summed E-state index contributed by atoms with van der Waals surface area (Å²) in [6, 6.07) is 9.53. The van der Waals surface area contributed by atoms with Crippen LogP contribution in [0.1, 0.15) is 109 Å². The van der Waals surface area contributed by atoms with Crippen molar-refractivity contribution >= 4 is 6.09 Å². The first-order chi connectivity index (χ1) is 15.6. The van der Waals surface area contributed by atoms with E-state index in [0.717, 1.165) is 18.4 Å². The summed E-state index contributed by atoms with van der Waals surface area (Å²) in [5.74, 6) is 0. The minimum absolute atomic E-state index is 0.243. The maximum Gasteiger partial charge on any atom is 0.407 e. The molecule has 0 aliphatic carbocycles. The van der Waals surface area contributed by atoms with Crippen LogP contribution in [0.3, 0.4) is 0 Å². The van der Waals surface area contributed by atoms with Gasteiger partial charge in [0.2, 0.25) is 0 Å². The molecule has 0 aliphatic heterocycles. The Balaban J connectivity index is 1.90. The summed E-state index contributed by atoms with van der Waals surface area (Å²) in [7, 11) is 0. The van der Waals surface area contributed by atoms with Gasteiger partial charge in [-0.2, -0.15) is 0 Å². The number of alkyl carbamates (subject to hydrolysis) is 1. The summed E-state index contributed by atoms with van der Waals surface area (Å²) >= 11 is 0. The first-order valence-electron chi connectivity index (χ1n) is 12.9. The van der Waals surface area contributed by atoms with Crippen LogP contribution in [-0.2, 0) is 11.3 Å². The van der Waals surface area contributed by atoms with Gasteiger partial charge in [0.15, 0.2) is 0 Å². The molecule has 0 spiro atoms. The van der Waals surface area contributed by atoms with Crippen LogP contribution in [0.5, 0.6) is 0 Å². The van der Waals surface area contributed by atoms with Crippen LogP contribution >= 0.6 is 0 Å². The lowest BCUT2D eigenvalue weighted by Crippen LogP contribution is -2.29. The number of amides is 1. The van der Waals surface area contributed by atoms with Gasteiger partial charge in [0.05, 0.1) is 12.2 Å². The molecule has 1 rings (SSSR count). The van der Waals surface area contributed by atoms with E-state index in [-0.39, 0.29) is 6.61 Å². The molecular weight excluding hydrogens is 402 g/mol. The van der Waals surface area contributed by atoms with E-state index in [2.05, 4.69) is 12.2 Å². The van der Waals surface area contributed by atoms with Crippen molar-refractivity contribution < 1.29 is 19.7 Å². The topological polar surface area (TPSA) is 78.8 Å². The van der Waals surface area contributed by atoms with Crippen molar-refractivity contribution in [3.8, 4) is 0 Å². The fourth-order valence-electron chi connectivity index (χ4n) is 3.86. The lowest BCUT2D eigenvalue weighted by atomic mass is 10.0. The molecular formula is C27H47NO4. The molecule has 0 radical (unpaired) electrons. The summed E-state index contributed by atoms with van der Waals surface area (Å²) < 4.78 is 5.15. The summed E-state index contributed by atoms with van der Waals surface area (Å²) in [6.45, 7) is 2.93. The van der Waals surface area contributed by atoms with E-state index in [4.69, 9.17) is 4.74 Å². The number of hydrogen-bond acceptors (Lipinski definition) is 4. The Hall–Kier alpha value is -1.59. The summed E-state index contributed by atoms with van der Waals surface area (Å²) in [5.41, 5.74) is 0.944. The van der Waals surface area contributed by atoms with Gasteiger partial charge >= 0.3 is 6.09 Å². The molecule has 1 aromatic rings. The van der Waals surface area contributed by atoms with Crippen molar-refractivity contribution in [2.24, 2.45) is 0 Å². The number of hydrogen-bond donors (Lipinski definition) is 3. The van der Waals surface area contributed by atoms with Crippen LogP contribution in [0.15, 0.2) is 30.3 Å². The van der Waals surface area contributed by atoms with Gasteiger partial charge in [0, 0.05) is 6.54 Å². The van der Waals surface area contributed by atoms with Gasteiger partial charge in [-0.25, -0.2) is 4.79 Å². The van der Waals surface area contributed by atoms with Crippen molar-refractivity contribution in [2.75, 3.05) is 6.54 Å². The van der Waals surface area contributed by atoms with Gasteiger partial charge in [-0.1, -0.05) is 114 Å². The third-order valence-corrected chi connectivity index (χ3v) is 5.96. The number of unbranched alkanes of at least 4 members (excludes halogenated alkanes) is 11. The smallest absolute Gasteiger partial charge is 0.407 e. The summed E-state index contributed by atoms with van der Waals surface area (Å²) in [6.07, 6.45) is 15.3. The number of carbonyl (C=O) groups excluding carboxylic acids is 1. The molecule has 0 bridgehead atoms. The maximum atomic E-state index is 11.7. The highest BCUT2D eigenvalue weighted by Gasteiger charge is 2.15. The van der Waals surface area contributed by atoms with E-state index in [9.17, 15) is 15.0 Å². The van der Waals surface area contributed by atoms with Crippen LogP contribution in [-0.4, -0.2) is 35.1 Å². The Morgan fingerprint density at radius 1 is 0.781 bits per heavy atom. The van der Waals surface area contributed by atoms with Crippen molar-refractivity contribution in [3.63, 3.8) is 0 Å². The standard InChI is InChI=1S/C27H47NO4/c1-2-3-4-5-6-7-8-9-10-11-12-16-20-25(29)26(30)21-17-22-28-27(31)32-23-24-18-14-13-15-19-24/h13-15,18-19,25-26,29-30H,2-12,16-17,20-23H2,1H3,(H,28,31). The average Bonchev–Trinajstić information content (AvgIpc) is 2.81. The number of carbonyl (C=O) groups is 1. The van der Waals surface area contributed by atoms with Crippen LogP contribution in [0.4, 0.5) is 4.79 Å². The zero-order valence-corrected chi connectivity index (χ0v) is 20.3. The van der Waals surface area contributed by atoms with Gasteiger partial charge in [-0.05, 0) is 24.8 Å². The van der Waals surface area contributed by atoms with Gasteiger partial charge in [0.1, 0.15) is 6.61 Å². The molecule has 3 N–H and O–H groups in total. The largest absolute Gasteiger partial charge is 0.445 e. The number of aliphatic hydroxyl groups excluding tert-OH is 2. The summed E-state index contributed by atoms with van der Waals surface area (Å²) in [5, 5.41) is 22.9. The molecule has 0 aromatic heterocycles. The van der Waals surface area contributed by atoms with E-state index in [1.54, 1.807) is 0 Å². The molecule has 32 heavy (non-hydrogen) atoms. The van der Waals surface area contributed by atoms with E-state index in [0.29, 0.717) is 25.8 Å². The van der Waals surface area contributed by atoms with Crippen molar-refractivity contribution in [1.29, 1.82) is 0 Å².